The standard InChI is InChI=1S/C17H21NO3/c1-13(19)21-17(10-4-3-5-11-17)16(12-18)14-6-8-15(20-2)9-7-14/h6-9,16H,3-5,10-11H2,1-2H3. The summed E-state index contributed by atoms with van der Waals surface area (Å²) in [6.07, 6.45) is 4.60. The summed E-state index contributed by atoms with van der Waals surface area (Å²) in [7, 11) is 1.61. The van der Waals surface area contributed by atoms with Crippen LogP contribution in [0, 0.1) is 11.3 Å². The molecule has 1 fully saturated rings. The fraction of sp³-hybridized carbons (Fsp3) is 0.529. The second kappa shape index (κ2) is 6.62. The van der Waals surface area contributed by atoms with E-state index in [9.17, 15) is 10.1 Å². The summed E-state index contributed by atoms with van der Waals surface area (Å²) in [6, 6.07) is 9.79. The third-order valence-electron chi connectivity index (χ3n) is 4.15. The van der Waals surface area contributed by atoms with Gasteiger partial charge in [-0.3, -0.25) is 4.79 Å². The van der Waals surface area contributed by atoms with E-state index in [4.69, 9.17) is 9.47 Å². The Balaban J connectivity index is 2.34. The minimum atomic E-state index is -0.687. The van der Waals surface area contributed by atoms with Crippen LogP contribution in [0.15, 0.2) is 24.3 Å². The van der Waals surface area contributed by atoms with E-state index in [1.807, 2.05) is 24.3 Å². The highest BCUT2D eigenvalue weighted by Gasteiger charge is 2.44. The Labute approximate surface area is 125 Å². The van der Waals surface area contributed by atoms with Crippen molar-refractivity contribution in [3.8, 4) is 11.8 Å². The topological polar surface area (TPSA) is 59.3 Å². The normalized spacial score (nSPS) is 18.3. The van der Waals surface area contributed by atoms with Gasteiger partial charge in [0, 0.05) is 6.92 Å². The van der Waals surface area contributed by atoms with Crippen LogP contribution in [0.4, 0.5) is 0 Å². The maximum absolute atomic E-state index is 11.5. The Morgan fingerprint density at radius 3 is 2.33 bits per heavy atom. The van der Waals surface area contributed by atoms with Crippen LogP contribution in [0.5, 0.6) is 5.75 Å². The van der Waals surface area contributed by atoms with E-state index in [2.05, 4.69) is 6.07 Å². The minimum absolute atomic E-state index is 0.314. The lowest BCUT2D eigenvalue weighted by Crippen LogP contribution is -2.42. The summed E-state index contributed by atoms with van der Waals surface area (Å²) in [5.41, 5.74) is 0.189. The smallest absolute Gasteiger partial charge is 0.303 e. The number of esters is 1. The number of carbonyl (C=O) groups is 1. The van der Waals surface area contributed by atoms with Crippen LogP contribution in [-0.2, 0) is 9.53 Å². The average Bonchev–Trinajstić information content (AvgIpc) is 2.49. The molecule has 21 heavy (non-hydrogen) atoms. The lowest BCUT2D eigenvalue weighted by molar-refractivity contribution is -0.162. The van der Waals surface area contributed by atoms with Gasteiger partial charge in [-0.15, -0.1) is 0 Å². The summed E-state index contributed by atoms with van der Waals surface area (Å²) < 4.78 is 10.8. The van der Waals surface area contributed by atoms with Gasteiger partial charge in [0.15, 0.2) is 0 Å². The van der Waals surface area contributed by atoms with Crippen molar-refractivity contribution in [3.63, 3.8) is 0 Å². The molecule has 0 aliphatic heterocycles. The fourth-order valence-corrected chi connectivity index (χ4v) is 3.18. The van der Waals surface area contributed by atoms with Gasteiger partial charge in [-0.2, -0.15) is 5.26 Å². The Morgan fingerprint density at radius 2 is 1.86 bits per heavy atom. The fourth-order valence-electron chi connectivity index (χ4n) is 3.18. The summed E-state index contributed by atoms with van der Waals surface area (Å²) >= 11 is 0. The van der Waals surface area contributed by atoms with Gasteiger partial charge in [-0.25, -0.2) is 0 Å². The molecule has 0 heterocycles. The molecular formula is C17H21NO3. The number of hydrogen-bond acceptors (Lipinski definition) is 4. The number of carbonyl (C=O) groups excluding carboxylic acids is 1. The van der Waals surface area contributed by atoms with Crippen molar-refractivity contribution in [1.29, 1.82) is 5.26 Å². The third-order valence-corrected chi connectivity index (χ3v) is 4.15. The summed E-state index contributed by atoms with van der Waals surface area (Å²) in [5, 5.41) is 9.66. The highest BCUT2D eigenvalue weighted by atomic mass is 16.6. The average molecular weight is 287 g/mol. The van der Waals surface area contributed by atoms with Gasteiger partial charge in [-0.05, 0) is 43.4 Å². The van der Waals surface area contributed by atoms with E-state index in [1.54, 1.807) is 7.11 Å². The molecule has 1 aromatic rings. The van der Waals surface area contributed by atoms with Crippen molar-refractivity contribution in [2.45, 2.75) is 50.5 Å². The summed E-state index contributed by atoms with van der Waals surface area (Å²) in [4.78, 5) is 11.5. The predicted molar refractivity (Wildman–Crippen MR) is 78.9 cm³/mol. The molecule has 0 radical (unpaired) electrons. The van der Waals surface area contributed by atoms with Gasteiger partial charge in [0.05, 0.1) is 13.2 Å². The molecule has 4 heteroatoms. The maximum atomic E-state index is 11.5. The summed E-state index contributed by atoms with van der Waals surface area (Å²) in [5.74, 6) is -0.00103. The number of ether oxygens (including phenoxy) is 2. The van der Waals surface area contributed by atoms with Gasteiger partial charge in [-0.1, -0.05) is 18.6 Å². The molecule has 0 aromatic heterocycles. The SMILES string of the molecule is COc1ccc(C(C#N)C2(OC(C)=O)CCCCC2)cc1. The molecule has 0 N–H and O–H groups in total. The van der Waals surface area contributed by atoms with Crippen LogP contribution >= 0.6 is 0 Å². The number of rotatable bonds is 4. The van der Waals surface area contributed by atoms with Gasteiger partial charge >= 0.3 is 5.97 Å². The Kier molecular flexibility index (Phi) is 4.85. The largest absolute Gasteiger partial charge is 0.497 e. The second-order valence-corrected chi connectivity index (χ2v) is 5.55. The van der Waals surface area contributed by atoms with Crippen LogP contribution < -0.4 is 4.74 Å². The highest BCUT2D eigenvalue weighted by Crippen LogP contribution is 2.43. The van der Waals surface area contributed by atoms with Crippen molar-refractivity contribution in [2.75, 3.05) is 7.11 Å². The van der Waals surface area contributed by atoms with E-state index < -0.39 is 11.5 Å². The Bertz CT molecular complexity index is 524. The van der Waals surface area contributed by atoms with E-state index in [0.717, 1.165) is 43.4 Å². The number of nitrogens with zero attached hydrogens (tertiary/aromatic N) is 1. The minimum Gasteiger partial charge on any atom is -0.497 e. The predicted octanol–water partition coefficient (Wildman–Crippen LogP) is 3.57. The van der Waals surface area contributed by atoms with E-state index in [0.29, 0.717) is 0 Å². The Hall–Kier alpha value is -2.02. The van der Waals surface area contributed by atoms with Crippen LogP contribution in [-0.4, -0.2) is 18.7 Å². The zero-order valence-corrected chi connectivity index (χ0v) is 12.6. The number of hydrogen-bond donors (Lipinski definition) is 0. The van der Waals surface area contributed by atoms with Crippen molar-refractivity contribution < 1.29 is 14.3 Å². The molecule has 4 nitrogen and oxygen atoms in total. The van der Waals surface area contributed by atoms with E-state index >= 15 is 0 Å². The van der Waals surface area contributed by atoms with Crippen molar-refractivity contribution >= 4 is 5.97 Å². The molecule has 1 atom stereocenters. The molecule has 1 aromatic carbocycles. The monoisotopic (exact) mass is 287 g/mol. The van der Waals surface area contributed by atoms with Crippen molar-refractivity contribution in [2.24, 2.45) is 0 Å². The zero-order chi connectivity index (χ0) is 15.3. The molecule has 0 spiro atoms. The number of nitriles is 1. The molecule has 0 amide bonds. The zero-order valence-electron chi connectivity index (χ0n) is 12.6. The van der Waals surface area contributed by atoms with E-state index in [1.165, 1.54) is 6.92 Å². The van der Waals surface area contributed by atoms with Gasteiger partial charge in [0.25, 0.3) is 0 Å². The quantitative estimate of drug-likeness (QED) is 0.794. The molecule has 0 bridgehead atoms. The first-order valence-corrected chi connectivity index (χ1v) is 7.34. The lowest BCUT2D eigenvalue weighted by Gasteiger charge is -2.40. The first kappa shape index (κ1) is 15.4. The van der Waals surface area contributed by atoms with E-state index in [-0.39, 0.29) is 5.97 Å². The number of methoxy groups -OCH3 is 1. The lowest BCUT2D eigenvalue weighted by atomic mass is 9.73. The van der Waals surface area contributed by atoms with Crippen molar-refractivity contribution in [1.82, 2.24) is 0 Å². The van der Waals surface area contributed by atoms with Crippen LogP contribution in [0.1, 0.15) is 50.5 Å². The molecular weight excluding hydrogens is 266 g/mol. The molecule has 2 rings (SSSR count). The molecule has 1 aliphatic carbocycles. The maximum Gasteiger partial charge on any atom is 0.303 e. The highest BCUT2D eigenvalue weighted by molar-refractivity contribution is 5.67. The second-order valence-electron chi connectivity index (χ2n) is 5.55. The van der Waals surface area contributed by atoms with Gasteiger partial charge < -0.3 is 9.47 Å². The first-order chi connectivity index (χ1) is 10.1. The van der Waals surface area contributed by atoms with Gasteiger partial charge in [0.2, 0.25) is 0 Å². The summed E-state index contributed by atoms with van der Waals surface area (Å²) in [6.45, 7) is 1.42. The first-order valence-electron chi connectivity index (χ1n) is 7.34. The third kappa shape index (κ3) is 3.36. The Morgan fingerprint density at radius 1 is 1.24 bits per heavy atom. The van der Waals surface area contributed by atoms with Crippen LogP contribution in [0.2, 0.25) is 0 Å². The molecule has 1 aliphatic rings. The molecule has 1 unspecified atom stereocenters. The van der Waals surface area contributed by atoms with Crippen molar-refractivity contribution in [3.05, 3.63) is 29.8 Å². The molecule has 0 saturated heterocycles. The molecule has 1 saturated carbocycles. The van der Waals surface area contributed by atoms with Crippen LogP contribution in [0.25, 0.3) is 0 Å². The van der Waals surface area contributed by atoms with Gasteiger partial charge in [0.1, 0.15) is 17.3 Å². The molecule has 112 valence electrons. The number of benzene rings is 1. The van der Waals surface area contributed by atoms with Crippen LogP contribution in [0.3, 0.4) is 0 Å².